The zero-order chi connectivity index (χ0) is 18.0. The maximum Gasteiger partial charge on any atom is 0.255 e. The van der Waals surface area contributed by atoms with Crippen molar-refractivity contribution in [2.45, 2.75) is 20.4 Å². The van der Waals surface area contributed by atoms with Crippen molar-refractivity contribution in [2.75, 3.05) is 6.54 Å². The van der Waals surface area contributed by atoms with Gasteiger partial charge in [0.2, 0.25) is 0 Å². The number of hydrogen-bond donors (Lipinski definition) is 1. The molecule has 0 fully saturated rings. The molecule has 0 aliphatic carbocycles. The molecule has 0 unspecified atom stereocenters. The minimum atomic E-state index is -0.642. The lowest BCUT2D eigenvalue weighted by Gasteiger charge is -2.09. The van der Waals surface area contributed by atoms with Crippen LogP contribution in [0.5, 0.6) is 0 Å². The first kappa shape index (κ1) is 17.2. The Kier molecular flexibility index (Phi) is 4.90. The van der Waals surface area contributed by atoms with Gasteiger partial charge in [-0.1, -0.05) is 17.7 Å². The first-order valence-corrected chi connectivity index (χ1v) is 8.17. The second-order valence-corrected chi connectivity index (χ2v) is 6.01. The molecular weight excluding hydrogens is 345 g/mol. The minimum Gasteiger partial charge on any atom is -0.464 e. The van der Waals surface area contributed by atoms with Crippen LogP contribution in [0.1, 0.15) is 21.7 Å². The van der Waals surface area contributed by atoms with E-state index in [-0.39, 0.29) is 10.6 Å². The van der Waals surface area contributed by atoms with Crippen molar-refractivity contribution in [2.24, 2.45) is 0 Å². The van der Waals surface area contributed by atoms with Crippen molar-refractivity contribution in [1.29, 1.82) is 0 Å². The van der Waals surface area contributed by atoms with Crippen LogP contribution >= 0.6 is 11.6 Å². The summed E-state index contributed by atoms with van der Waals surface area (Å²) < 4.78 is 21.0. The molecule has 1 amide bonds. The number of aryl methyl sites for hydroxylation is 1. The number of rotatable bonds is 5. The molecule has 2 aromatic heterocycles. The van der Waals surface area contributed by atoms with Crippen molar-refractivity contribution >= 4 is 17.5 Å². The third-order valence-corrected chi connectivity index (χ3v) is 4.26. The molecule has 2 heterocycles. The summed E-state index contributed by atoms with van der Waals surface area (Å²) in [5.74, 6) is -0.435. The van der Waals surface area contributed by atoms with Gasteiger partial charge >= 0.3 is 0 Å². The van der Waals surface area contributed by atoms with Crippen molar-refractivity contribution in [3.05, 3.63) is 64.4 Å². The van der Waals surface area contributed by atoms with Gasteiger partial charge in [0.15, 0.2) is 0 Å². The molecule has 0 saturated heterocycles. The molecule has 5 nitrogen and oxygen atoms in total. The second kappa shape index (κ2) is 7.11. The monoisotopic (exact) mass is 361 g/mol. The number of nitrogens with one attached hydrogen (secondary N) is 1. The van der Waals surface area contributed by atoms with E-state index < -0.39 is 11.7 Å². The molecule has 0 spiro atoms. The van der Waals surface area contributed by atoms with Crippen LogP contribution in [0.15, 0.2) is 41.0 Å². The van der Waals surface area contributed by atoms with Gasteiger partial charge in [0.05, 0.1) is 34.7 Å². The summed E-state index contributed by atoms with van der Waals surface area (Å²) in [5.41, 5.74) is 2.57. The molecule has 3 rings (SSSR count). The quantitative estimate of drug-likeness (QED) is 0.747. The van der Waals surface area contributed by atoms with Crippen LogP contribution in [0.4, 0.5) is 4.39 Å². The SMILES string of the molecule is Cc1nn(CCNC(=O)c2c(F)cccc2Cl)c(C)c1-c1ccco1. The number of carbonyl (C=O) groups excluding carboxylic acids is 1. The molecule has 130 valence electrons. The number of aromatic nitrogens is 2. The molecule has 0 bridgehead atoms. The predicted molar refractivity (Wildman–Crippen MR) is 93.1 cm³/mol. The van der Waals surface area contributed by atoms with E-state index in [1.54, 1.807) is 10.9 Å². The lowest BCUT2D eigenvalue weighted by molar-refractivity contribution is 0.0948. The zero-order valence-corrected chi connectivity index (χ0v) is 14.6. The van der Waals surface area contributed by atoms with Gasteiger partial charge in [0.1, 0.15) is 11.6 Å². The Labute approximate surface area is 149 Å². The van der Waals surface area contributed by atoms with Crippen LogP contribution in [-0.2, 0) is 6.54 Å². The van der Waals surface area contributed by atoms with Crippen LogP contribution in [0, 0.1) is 19.7 Å². The fraction of sp³-hybridized carbons (Fsp3) is 0.222. The Bertz CT molecular complexity index is 883. The molecule has 0 atom stereocenters. The van der Waals surface area contributed by atoms with E-state index in [4.69, 9.17) is 16.0 Å². The maximum absolute atomic E-state index is 13.8. The average molecular weight is 362 g/mol. The Morgan fingerprint density at radius 2 is 2.12 bits per heavy atom. The fourth-order valence-electron chi connectivity index (χ4n) is 2.77. The highest BCUT2D eigenvalue weighted by molar-refractivity contribution is 6.33. The standard InChI is InChI=1S/C18H17ClFN3O2/c1-11-16(15-7-4-10-25-15)12(2)23(22-11)9-8-21-18(24)17-13(19)5-3-6-14(17)20/h3-7,10H,8-9H2,1-2H3,(H,21,24). The van der Waals surface area contributed by atoms with Crippen molar-refractivity contribution in [1.82, 2.24) is 15.1 Å². The van der Waals surface area contributed by atoms with E-state index in [9.17, 15) is 9.18 Å². The van der Waals surface area contributed by atoms with Gasteiger partial charge in [0, 0.05) is 12.2 Å². The third-order valence-electron chi connectivity index (χ3n) is 3.95. The molecule has 25 heavy (non-hydrogen) atoms. The molecule has 1 N–H and O–H groups in total. The highest BCUT2D eigenvalue weighted by atomic mass is 35.5. The van der Waals surface area contributed by atoms with Gasteiger partial charge in [-0.15, -0.1) is 0 Å². The molecule has 7 heteroatoms. The number of amides is 1. The maximum atomic E-state index is 13.8. The number of carbonyl (C=O) groups is 1. The number of halogens is 2. The largest absolute Gasteiger partial charge is 0.464 e. The summed E-state index contributed by atoms with van der Waals surface area (Å²) in [4.78, 5) is 12.1. The third kappa shape index (κ3) is 3.44. The van der Waals surface area contributed by atoms with E-state index in [0.717, 1.165) is 22.7 Å². The van der Waals surface area contributed by atoms with Crippen LogP contribution in [0.3, 0.4) is 0 Å². The lowest BCUT2D eigenvalue weighted by atomic mass is 10.1. The Morgan fingerprint density at radius 1 is 1.32 bits per heavy atom. The van der Waals surface area contributed by atoms with Crippen molar-refractivity contribution < 1.29 is 13.6 Å². The van der Waals surface area contributed by atoms with E-state index in [1.807, 2.05) is 26.0 Å². The van der Waals surface area contributed by atoms with E-state index in [1.165, 1.54) is 18.2 Å². The van der Waals surface area contributed by atoms with Gasteiger partial charge in [-0.05, 0) is 38.1 Å². The summed E-state index contributed by atoms with van der Waals surface area (Å²) in [5, 5.41) is 7.24. The first-order valence-electron chi connectivity index (χ1n) is 7.79. The molecule has 0 radical (unpaired) electrons. The van der Waals surface area contributed by atoms with Gasteiger partial charge in [0.25, 0.3) is 5.91 Å². The number of furan rings is 1. The van der Waals surface area contributed by atoms with Gasteiger partial charge in [-0.25, -0.2) is 4.39 Å². The lowest BCUT2D eigenvalue weighted by Crippen LogP contribution is -2.28. The molecular formula is C18H17ClFN3O2. The topological polar surface area (TPSA) is 60.1 Å². The van der Waals surface area contributed by atoms with Crippen molar-refractivity contribution in [3.8, 4) is 11.3 Å². The summed E-state index contributed by atoms with van der Waals surface area (Å²) in [6.07, 6.45) is 1.62. The van der Waals surface area contributed by atoms with Gasteiger partial charge in [-0.2, -0.15) is 5.10 Å². The summed E-state index contributed by atoms with van der Waals surface area (Å²) in [6.45, 7) is 4.58. The highest BCUT2D eigenvalue weighted by Crippen LogP contribution is 2.27. The molecule has 3 aromatic rings. The van der Waals surface area contributed by atoms with E-state index in [2.05, 4.69) is 10.4 Å². The summed E-state index contributed by atoms with van der Waals surface area (Å²) >= 11 is 5.90. The predicted octanol–water partition coefficient (Wildman–Crippen LogP) is 3.98. The van der Waals surface area contributed by atoms with Gasteiger partial charge in [-0.3, -0.25) is 9.48 Å². The number of nitrogens with zero attached hydrogens (tertiary/aromatic N) is 2. The second-order valence-electron chi connectivity index (χ2n) is 5.60. The highest BCUT2D eigenvalue weighted by Gasteiger charge is 2.17. The van der Waals surface area contributed by atoms with Crippen LogP contribution in [0.25, 0.3) is 11.3 Å². The normalized spacial score (nSPS) is 10.9. The van der Waals surface area contributed by atoms with Gasteiger partial charge < -0.3 is 9.73 Å². The van der Waals surface area contributed by atoms with Crippen LogP contribution in [0.2, 0.25) is 5.02 Å². The van der Waals surface area contributed by atoms with Crippen LogP contribution in [-0.4, -0.2) is 22.2 Å². The Balaban J connectivity index is 1.69. The smallest absolute Gasteiger partial charge is 0.255 e. The number of hydrogen-bond acceptors (Lipinski definition) is 3. The molecule has 1 aromatic carbocycles. The Hall–Kier alpha value is -2.60. The summed E-state index contributed by atoms with van der Waals surface area (Å²) in [6, 6.07) is 7.85. The van der Waals surface area contributed by atoms with E-state index >= 15 is 0 Å². The fourth-order valence-corrected chi connectivity index (χ4v) is 3.02. The first-order chi connectivity index (χ1) is 12.0. The summed E-state index contributed by atoms with van der Waals surface area (Å²) in [7, 11) is 0. The molecule has 0 aliphatic rings. The van der Waals surface area contributed by atoms with E-state index in [0.29, 0.717) is 13.1 Å². The molecule has 0 saturated carbocycles. The average Bonchev–Trinajstić information content (AvgIpc) is 3.16. The number of benzene rings is 1. The minimum absolute atomic E-state index is 0.0868. The van der Waals surface area contributed by atoms with Crippen LogP contribution < -0.4 is 5.32 Å². The Morgan fingerprint density at radius 3 is 2.80 bits per heavy atom. The molecule has 0 aliphatic heterocycles. The zero-order valence-electron chi connectivity index (χ0n) is 13.8. The van der Waals surface area contributed by atoms with Crippen molar-refractivity contribution in [3.63, 3.8) is 0 Å².